The molecule has 1 unspecified atom stereocenters. The van der Waals surface area contributed by atoms with Crippen LogP contribution < -0.4 is 16.4 Å². The van der Waals surface area contributed by atoms with Crippen LogP contribution >= 0.6 is 11.3 Å². The molecule has 100 valence electrons. The Balaban J connectivity index is 2.15. The zero-order chi connectivity index (χ0) is 13.4. The standard InChI is InChI=1S/C11H17N3O3S/c1-17-7-8(12)10(15)13-4-5-14-11(16)9-3-2-6-18-9/h2-3,6,8H,4-5,7,12H2,1H3,(H,13,15)(H,14,16). The van der Waals surface area contributed by atoms with Crippen molar-refractivity contribution in [2.75, 3.05) is 26.8 Å². The normalized spacial score (nSPS) is 11.9. The molecule has 7 heteroatoms. The molecule has 0 bridgehead atoms. The first-order valence-corrected chi connectivity index (χ1v) is 6.37. The summed E-state index contributed by atoms with van der Waals surface area (Å²) in [4.78, 5) is 23.6. The van der Waals surface area contributed by atoms with Crippen molar-refractivity contribution in [3.63, 3.8) is 0 Å². The van der Waals surface area contributed by atoms with Gasteiger partial charge < -0.3 is 21.1 Å². The van der Waals surface area contributed by atoms with Crippen molar-refractivity contribution < 1.29 is 14.3 Å². The fourth-order valence-corrected chi connectivity index (χ4v) is 1.88. The number of nitrogens with two attached hydrogens (primary N) is 1. The number of ether oxygens (including phenoxy) is 1. The minimum absolute atomic E-state index is 0.138. The molecule has 0 aromatic carbocycles. The van der Waals surface area contributed by atoms with Gasteiger partial charge in [-0.05, 0) is 11.4 Å². The molecule has 1 atom stereocenters. The number of rotatable bonds is 7. The van der Waals surface area contributed by atoms with E-state index >= 15 is 0 Å². The second-order valence-corrected chi connectivity index (χ2v) is 4.53. The lowest BCUT2D eigenvalue weighted by molar-refractivity contribution is -0.123. The van der Waals surface area contributed by atoms with E-state index in [1.165, 1.54) is 18.4 Å². The van der Waals surface area contributed by atoms with E-state index in [1.54, 1.807) is 6.07 Å². The van der Waals surface area contributed by atoms with Crippen LogP contribution in [0.1, 0.15) is 9.67 Å². The van der Waals surface area contributed by atoms with Gasteiger partial charge in [-0.2, -0.15) is 0 Å². The number of methoxy groups -OCH3 is 1. The van der Waals surface area contributed by atoms with Crippen LogP contribution in [0.25, 0.3) is 0 Å². The Morgan fingerprint density at radius 1 is 1.44 bits per heavy atom. The van der Waals surface area contributed by atoms with Gasteiger partial charge in [0.25, 0.3) is 5.91 Å². The number of amides is 2. The Morgan fingerprint density at radius 3 is 2.78 bits per heavy atom. The summed E-state index contributed by atoms with van der Waals surface area (Å²) in [6.07, 6.45) is 0. The quantitative estimate of drug-likeness (QED) is 0.587. The summed E-state index contributed by atoms with van der Waals surface area (Å²) < 4.78 is 4.76. The highest BCUT2D eigenvalue weighted by Crippen LogP contribution is 2.07. The third-order valence-corrected chi connectivity index (χ3v) is 3.01. The summed E-state index contributed by atoms with van der Waals surface area (Å²) in [6, 6.07) is 2.88. The van der Waals surface area contributed by atoms with Crippen LogP contribution in [0.5, 0.6) is 0 Å². The lowest BCUT2D eigenvalue weighted by Crippen LogP contribution is -2.45. The fourth-order valence-electron chi connectivity index (χ4n) is 1.24. The van der Waals surface area contributed by atoms with Gasteiger partial charge in [0.15, 0.2) is 0 Å². The molecule has 0 radical (unpaired) electrons. The Kier molecular flexibility index (Phi) is 6.34. The maximum absolute atomic E-state index is 11.5. The number of thiophene rings is 1. The SMILES string of the molecule is COCC(N)C(=O)NCCNC(=O)c1cccs1. The number of carbonyl (C=O) groups excluding carboxylic acids is 2. The minimum atomic E-state index is -0.678. The molecule has 0 spiro atoms. The van der Waals surface area contributed by atoms with Crippen molar-refractivity contribution in [1.29, 1.82) is 0 Å². The molecule has 2 amide bonds. The first-order chi connectivity index (χ1) is 8.65. The van der Waals surface area contributed by atoms with Crippen molar-refractivity contribution in [3.05, 3.63) is 22.4 Å². The van der Waals surface area contributed by atoms with E-state index in [1.807, 2.05) is 11.4 Å². The van der Waals surface area contributed by atoms with Crippen LogP contribution in [-0.4, -0.2) is 44.7 Å². The predicted molar refractivity (Wildman–Crippen MR) is 69.5 cm³/mol. The smallest absolute Gasteiger partial charge is 0.261 e. The molecule has 1 aromatic heterocycles. The average Bonchev–Trinajstić information content (AvgIpc) is 2.88. The fraction of sp³-hybridized carbons (Fsp3) is 0.455. The van der Waals surface area contributed by atoms with Crippen molar-refractivity contribution in [1.82, 2.24) is 10.6 Å². The largest absolute Gasteiger partial charge is 0.383 e. The van der Waals surface area contributed by atoms with Gasteiger partial charge in [-0.25, -0.2) is 0 Å². The third-order valence-electron chi connectivity index (χ3n) is 2.14. The van der Waals surface area contributed by atoms with Gasteiger partial charge in [0.1, 0.15) is 6.04 Å². The Bertz CT molecular complexity index is 381. The molecule has 1 rings (SSSR count). The highest BCUT2D eigenvalue weighted by Gasteiger charge is 2.12. The van der Waals surface area contributed by atoms with E-state index in [4.69, 9.17) is 10.5 Å². The summed E-state index contributed by atoms with van der Waals surface area (Å²) in [6.45, 7) is 0.878. The average molecular weight is 271 g/mol. The third kappa shape index (κ3) is 4.82. The second kappa shape index (κ2) is 7.80. The van der Waals surface area contributed by atoms with Gasteiger partial charge in [-0.1, -0.05) is 6.07 Å². The van der Waals surface area contributed by atoms with E-state index in [0.29, 0.717) is 18.0 Å². The maximum Gasteiger partial charge on any atom is 0.261 e. The van der Waals surface area contributed by atoms with Gasteiger partial charge in [-0.15, -0.1) is 11.3 Å². The molecule has 1 heterocycles. The van der Waals surface area contributed by atoms with E-state index in [2.05, 4.69) is 10.6 Å². The molecule has 18 heavy (non-hydrogen) atoms. The molecule has 0 fully saturated rings. The number of carbonyl (C=O) groups is 2. The zero-order valence-electron chi connectivity index (χ0n) is 10.1. The van der Waals surface area contributed by atoms with Crippen molar-refractivity contribution >= 4 is 23.2 Å². The highest BCUT2D eigenvalue weighted by atomic mass is 32.1. The summed E-state index contributed by atoms with van der Waals surface area (Å²) in [7, 11) is 1.48. The van der Waals surface area contributed by atoms with Gasteiger partial charge in [0, 0.05) is 20.2 Å². The van der Waals surface area contributed by atoms with Crippen LogP contribution in [0.2, 0.25) is 0 Å². The Labute approximate surface area is 110 Å². The van der Waals surface area contributed by atoms with Crippen molar-refractivity contribution in [2.45, 2.75) is 6.04 Å². The molecule has 1 aromatic rings. The van der Waals surface area contributed by atoms with Crippen LogP contribution in [0.3, 0.4) is 0 Å². The Morgan fingerprint density at radius 2 is 2.17 bits per heavy atom. The van der Waals surface area contributed by atoms with E-state index < -0.39 is 6.04 Å². The van der Waals surface area contributed by atoms with Crippen LogP contribution in [-0.2, 0) is 9.53 Å². The topological polar surface area (TPSA) is 93.4 Å². The van der Waals surface area contributed by atoms with Gasteiger partial charge >= 0.3 is 0 Å². The molecule has 6 nitrogen and oxygen atoms in total. The predicted octanol–water partition coefficient (Wildman–Crippen LogP) is -0.432. The first-order valence-electron chi connectivity index (χ1n) is 5.49. The van der Waals surface area contributed by atoms with Gasteiger partial charge in [-0.3, -0.25) is 9.59 Å². The van der Waals surface area contributed by atoms with Gasteiger partial charge in [0.2, 0.25) is 5.91 Å². The first kappa shape index (κ1) is 14.6. The van der Waals surface area contributed by atoms with Gasteiger partial charge in [0.05, 0.1) is 11.5 Å². The number of nitrogens with one attached hydrogen (secondary N) is 2. The summed E-state index contributed by atoms with van der Waals surface area (Å²) >= 11 is 1.37. The van der Waals surface area contributed by atoms with Crippen molar-refractivity contribution in [3.8, 4) is 0 Å². The molecule has 0 aliphatic heterocycles. The molecule has 0 saturated carbocycles. The van der Waals surface area contributed by atoms with E-state index in [-0.39, 0.29) is 18.4 Å². The van der Waals surface area contributed by atoms with Crippen LogP contribution in [0, 0.1) is 0 Å². The molecule has 4 N–H and O–H groups in total. The molecule has 0 saturated heterocycles. The Hall–Kier alpha value is -1.44. The monoisotopic (exact) mass is 271 g/mol. The van der Waals surface area contributed by atoms with E-state index in [0.717, 1.165) is 0 Å². The summed E-state index contributed by atoms with van der Waals surface area (Å²) in [5, 5.41) is 7.14. The summed E-state index contributed by atoms with van der Waals surface area (Å²) in [5.74, 6) is -0.428. The lowest BCUT2D eigenvalue weighted by atomic mass is 10.3. The van der Waals surface area contributed by atoms with Crippen molar-refractivity contribution in [2.24, 2.45) is 5.73 Å². The van der Waals surface area contributed by atoms with Crippen LogP contribution in [0.4, 0.5) is 0 Å². The number of hydrogen-bond acceptors (Lipinski definition) is 5. The van der Waals surface area contributed by atoms with E-state index in [9.17, 15) is 9.59 Å². The minimum Gasteiger partial charge on any atom is -0.383 e. The highest BCUT2D eigenvalue weighted by molar-refractivity contribution is 7.12. The zero-order valence-corrected chi connectivity index (χ0v) is 11.0. The number of hydrogen-bond donors (Lipinski definition) is 3. The van der Waals surface area contributed by atoms with Crippen LogP contribution in [0.15, 0.2) is 17.5 Å². The summed E-state index contributed by atoms with van der Waals surface area (Å²) in [5.41, 5.74) is 5.52. The molecular weight excluding hydrogens is 254 g/mol. The molecule has 0 aliphatic carbocycles. The maximum atomic E-state index is 11.5. The lowest BCUT2D eigenvalue weighted by Gasteiger charge is -2.11. The molecule has 0 aliphatic rings. The molecular formula is C11H17N3O3S. The second-order valence-electron chi connectivity index (χ2n) is 3.59.